The van der Waals surface area contributed by atoms with Gasteiger partial charge in [-0.2, -0.15) is 0 Å². The lowest BCUT2D eigenvalue weighted by molar-refractivity contribution is -0.137. The number of hydrogen-bond donors (Lipinski definition) is 2. The van der Waals surface area contributed by atoms with Crippen LogP contribution in [-0.2, 0) is 14.4 Å². The summed E-state index contributed by atoms with van der Waals surface area (Å²) in [6, 6.07) is 17.6. The van der Waals surface area contributed by atoms with Gasteiger partial charge in [0, 0.05) is 12.1 Å². The van der Waals surface area contributed by atoms with Crippen LogP contribution in [0, 0.1) is 0 Å². The van der Waals surface area contributed by atoms with Crippen molar-refractivity contribution in [3.8, 4) is 11.1 Å². The largest absolute Gasteiger partial charge is 0.324 e. The Labute approximate surface area is 148 Å². The highest BCUT2D eigenvalue weighted by molar-refractivity contribution is 5.92. The fourth-order valence-corrected chi connectivity index (χ4v) is 2.34. The molecule has 0 aliphatic heterocycles. The van der Waals surface area contributed by atoms with Crippen molar-refractivity contribution in [1.29, 1.82) is 0 Å². The maximum atomic E-state index is 11.8. The zero-order valence-electron chi connectivity index (χ0n) is 14.5. The zero-order chi connectivity index (χ0) is 17.9. The van der Waals surface area contributed by atoms with Gasteiger partial charge in [-0.05, 0) is 29.7 Å². The van der Waals surface area contributed by atoms with Gasteiger partial charge in [-0.3, -0.25) is 14.4 Å². The molecule has 132 valence electrons. The van der Waals surface area contributed by atoms with Crippen LogP contribution >= 0.6 is 0 Å². The standard InChI is InChI=1S/C20H24N2O3/c1-2-3-5-10-19(23)22-25-15-20(24)21-18-13-11-17(12-14-18)16-8-6-4-7-9-16/h4,6-9,11-14H,2-3,5,10,15H2,1H3,(H,21,24)(H,22,23). The third-order valence-corrected chi connectivity index (χ3v) is 3.67. The molecule has 0 radical (unpaired) electrons. The van der Waals surface area contributed by atoms with Crippen LogP contribution in [0.15, 0.2) is 54.6 Å². The summed E-state index contributed by atoms with van der Waals surface area (Å²) in [6.07, 6.45) is 3.30. The second-order valence-corrected chi connectivity index (χ2v) is 5.76. The third-order valence-electron chi connectivity index (χ3n) is 3.67. The number of hydroxylamine groups is 1. The molecule has 2 rings (SSSR count). The van der Waals surface area contributed by atoms with Gasteiger partial charge < -0.3 is 5.32 Å². The molecule has 0 aromatic heterocycles. The van der Waals surface area contributed by atoms with E-state index in [1.807, 2.05) is 54.6 Å². The number of benzene rings is 2. The molecule has 5 nitrogen and oxygen atoms in total. The highest BCUT2D eigenvalue weighted by Gasteiger charge is 2.06. The Morgan fingerprint density at radius 3 is 2.24 bits per heavy atom. The minimum Gasteiger partial charge on any atom is -0.324 e. The van der Waals surface area contributed by atoms with Gasteiger partial charge in [0.2, 0.25) is 5.91 Å². The number of carbonyl (C=O) groups is 2. The SMILES string of the molecule is CCCCCC(=O)NOCC(=O)Nc1ccc(-c2ccccc2)cc1. The first-order valence-corrected chi connectivity index (χ1v) is 8.55. The number of rotatable bonds is 9. The van der Waals surface area contributed by atoms with Crippen molar-refractivity contribution < 1.29 is 14.4 Å². The summed E-state index contributed by atoms with van der Waals surface area (Å²) in [7, 11) is 0. The Bertz CT molecular complexity index is 669. The molecule has 2 amide bonds. The minimum atomic E-state index is -0.318. The molecule has 0 saturated carbocycles. The maximum absolute atomic E-state index is 11.8. The molecule has 0 atom stereocenters. The molecule has 2 N–H and O–H groups in total. The lowest BCUT2D eigenvalue weighted by Crippen LogP contribution is -2.28. The highest BCUT2D eigenvalue weighted by Crippen LogP contribution is 2.20. The summed E-state index contributed by atoms with van der Waals surface area (Å²) in [5.74, 6) is -0.519. The second kappa shape index (κ2) is 10.3. The highest BCUT2D eigenvalue weighted by atomic mass is 16.7. The second-order valence-electron chi connectivity index (χ2n) is 5.76. The van der Waals surface area contributed by atoms with E-state index in [1.54, 1.807) is 0 Å². The zero-order valence-corrected chi connectivity index (χ0v) is 14.5. The molecule has 0 saturated heterocycles. The third kappa shape index (κ3) is 6.77. The Morgan fingerprint density at radius 2 is 1.56 bits per heavy atom. The van der Waals surface area contributed by atoms with Gasteiger partial charge in [0.15, 0.2) is 6.61 Å². The van der Waals surface area contributed by atoms with Crippen LogP contribution in [0.2, 0.25) is 0 Å². The molecule has 0 fully saturated rings. The minimum absolute atomic E-state index is 0.200. The first-order chi connectivity index (χ1) is 12.2. The number of nitrogens with one attached hydrogen (secondary N) is 2. The van der Waals surface area contributed by atoms with Crippen molar-refractivity contribution in [1.82, 2.24) is 5.48 Å². The summed E-state index contributed by atoms with van der Waals surface area (Å²) in [5.41, 5.74) is 5.17. The Kier molecular flexibility index (Phi) is 7.66. The van der Waals surface area contributed by atoms with Gasteiger partial charge >= 0.3 is 0 Å². The van der Waals surface area contributed by atoms with Crippen LogP contribution in [0.25, 0.3) is 11.1 Å². The maximum Gasteiger partial charge on any atom is 0.253 e. The number of unbranched alkanes of at least 4 members (excludes halogenated alkanes) is 2. The summed E-state index contributed by atoms with van der Waals surface area (Å²) in [5, 5.41) is 2.73. The van der Waals surface area contributed by atoms with Crippen LogP contribution in [0.3, 0.4) is 0 Å². The first kappa shape index (κ1) is 18.7. The van der Waals surface area contributed by atoms with Crippen LogP contribution in [0.4, 0.5) is 5.69 Å². The van der Waals surface area contributed by atoms with E-state index in [9.17, 15) is 9.59 Å². The molecule has 0 unspecified atom stereocenters. The van der Waals surface area contributed by atoms with Gasteiger partial charge in [-0.1, -0.05) is 62.2 Å². The van der Waals surface area contributed by atoms with E-state index in [2.05, 4.69) is 17.7 Å². The number of hydrogen-bond acceptors (Lipinski definition) is 3. The molecule has 2 aromatic rings. The van der Waals surface area contributed by atoms with Crippen molar-refractivity contribution >= 4 is 17.5 Å². The van der Waals surface area contributed by atoms with E-state index >= 15 is 0 Å². The molecule has 0 spiro atoms. The van der Waals surface area contributed by atoms with E-state index in [0.29, 0.717) is 12.1 Å². The first-order valence-electron chi connectivity index (χ1n) is 8.55. The summed E-state index contributed by atoms with van der Waals surface area (Å²) >= 11 is 0. The van der Waals surface area contributed by atoms with Crippen molar-refractivity contribution in [2.45, 2.75) is 32.6 Å². The van der Waals surface area contributed by atoms with E-state index < -0.39 is 0 Å². The lowest BCUT2D eigenvalue weighted by atomic mass is 10.1. The molecular weight excluding hydrogens is 316 g/mol. The van der Waals surface area contributed by atoms with E-state index in [1.165, 1.54) is 0 Å². The normalized spacial score (nSPS) is 10.3. The Morgan fingerprint density at radius 1 is 0.880 bits per heavy atom. The monoisotopic (exact) mass is 340 g/mol. The molecule has 25 heavy (non-hydrogen) atoms. The summed E-state index contributed by atoms with van der Waals surface area (Å²) < 4.78 is 0. The predicted octanol–water partition coefficient (Wildman–Crippen LogP) is 3.92. The fourth-order valence-electron chi connectivity index (χ4n) is 2.34. The van der Waals surface area contributed by atoms with Gasteiger partial charge in [0.25, 0.3) is 5.91 Å². The number of amides is 2. The van der Waals surface area contributed by atoms with Gasteiger partial charge in [0.1, 0.15) is 0 Å². The van der Waals surface area contributed by atoms with Crippen molar-refractivity contribution in [2.75, 3.05) is 11.9 Å². The molecule has 5 heteroatoms. The van der Waals surface area contributed by atoms with Crippen LogP contribution in [0.1, 0.15) is 32.6 Å². The van der Waals surface area contributed by atoms with Gasteiger partial charge in [0.05, 0.1) is 0 Å². The van der Waals surface area contributed by atoms with Crippen molar-refractivity contribution in [3.63, 3.8) is 0 Å². The van der Waals surface area contributed by atoms with Crippen molar-refractivity contribution in [2.24, 2.45) is 0 Å². The Balaban J connectivity index is 1.73. The quantitative estimate of drug-likeness (QED) is 0.537. The van der Waals surface area contributed by atoms with Crippen LogP contribution in [-0.4, -0.2) is 18.4 Å². The van der Waals surface area contributed by atoms with Crippen LogP contribution < -0.4 is 10.8 Å². The van der Waals surface area contributed by atoms with E-state index in [4.69, 9.17) is 4.84 Å². The average Bonchev–Trinajstić information content (AvgIpc) is 2.63. The van der Waals surface area contributed by atoms with Gasteiger partial charge in [-0.25, -0.2) is 5.48 Å². The average molecular weight is 340 g/mol. The predicted molar refractivity (Wildman–Crippen MR) is 98.7 cm³/mol. The topological polar surface area (TPSA) is 67.4 Å². The van der Waals surface area contributed by atoms with Gasteiger partial charge in [-0.15, -0.1) is 0 Å². The molecule has 2 aromatic carbocycles. The number of carbonyl (C=O) groups excluding carboxylic acids is 2. The molecule has 0 bridgehead atoms. The van der Waals surface area contributed by atoms with E-state index in [0.717, 1.165) is 30.4 Å². The summed E-state index contributed by atoms with van der Waals surface area (Å²) in [4.78, 5) is 28.2. The number of anilines is 1. The molecule has 0 aliphatic carbocycles. The molecule has 0 aliphatic rings. The fraction of sp³-hybridized carbons (Fsp3) is 0.300. The Hall–Kier alpha value is -2.66. The van der Waals surface area contributed by atoms with E-state index in [-0.39, 0.29) is 18.4 Å². The smallest absolute Gasteiger partial charge is 0.253 e. The lowest BCUT2D eigenvalue weighted by Gasteiger charge is -2.08. The summed E-state index contributed by atoms with van der Waals surface area (Å²) in [6.45, 7) is 1.85. The van der Waals surface area contributed by atoms with Crippen LogP contribution in [0.5, 0.6) is 0 Å². The molecule has 0 heterocycles. The van der Waals surface area contributed by atoms with Crippen molar-refractivity contribution in [3.05, 3.63) is 54.6 Å². The molecular formula is C20H24N2O3.